The van der Waals surface area contributed by atoms with Gasteiger partial charge in [-0.25, -0.2) is 4.98 Å². The minimum atomic E-state index is -0.504. The summed E-state index contributed by atoms with van der Waals surface area (Å²) < 4.78 is 12.9. The van der Waals surface area contributed by atoms with Gasteiger partial charge in [0.1, 0.15) is 3.70 Å². The molecule has 4 heteroatoms. The quantitative estimate of drug-likeness (QED) is 0.572. The maximum Gasteiger partial charge on any atom is 0.213 e. The average molecular weight is 262 g/mol. The van der Waals surface area contributed by atoms with Gasteiger partial charge in [-0.05, 0) is 34.2 Å². The topological polar surface area (TPSA) is 36.7 Å². The Labute approximate surface area is 77.2 Å². The Morgan fingerprint density at radius 1 is 1.64 bits per heavy atom. The maximum absolute atomic E-state index is 12.4. The van der Waals surface area contributed by atoms with E-state index in [1.165, 1.54) is 6.07 Å². The fraction of sp³-hybridized carbons (Fsp3) is 0.143. The van der Waals surface area contributed by atoms with Crippen molar-refractivity contribution < 1.29 is 4.39 Å². The standard InChI is InChI=1S/C7H4FIN2/c8-6-2-1-5(3-4-10)7(9)11-6/h1-2H,3H2. The monoisotopic (exact) mass is 262 g/mol. The van der Waals surface area contributed by atoms with Crippen molar-refractivity contribution in [3.63, 3.8) is 0 Å². The van der Waals surface area contributed by atoms with Crippen molar-refractivity contribution in [3.8, 4) is 6.07 Å². The molecule has 0 atom stereocenters. The van der Waals surface area contributed by atoms with Crippen molar-refractivity contribution in [2.24, 2.45) is 0 Å². The van der Waals surface area contributed by atoms with E-state index in [2.05, 4.69) is 4.98 Å². The van der Waals surface area contributed by atoms with Crippen LogP contribution in [0.5, 0.6) is 0 Å². The Morgan fingerprint density at radius 2 is 2.36 bits per heavy atom. The van der Waals surface area contributed by atoms with Gasteiger partial charge in [0.15, 0.2) is 0 Å². The molecular weight excluding hydrogens is 258 g/mol. The Morgan fingerprint density at radius 3 is 2.91 bits per heavy atom. The molecule has 0 fully saturated rings. The Balaban J connectivity index is 3.01. The van der Waals surface area contributed by atoms with Gasteiger partial charge in [0.2, 0.25) is 5.95 Å². The normalized spacial score (nSPS) is 9.18. The van der Waals surface area contributed by atoms with E-state index >= 15 is 0 Å². The summed E-state index contributed by atoms with van der Waals surface area (Å²) in [6.45, 7) is 0. The van der Waals surface area contributed by atoms with Gasteiger partial charge in [0, 0.05) is 0 Å². The third-order valence-electron chi connectivity index (χ3n) is 1.16. The van der Waals surface area contributed by atoms with Gasteiger partial charge in [-0.2, -0.15) is 9.65 Å². The summed E-state index contributed by atoms with van der Waals surface area (Å²) in [6.07, 6.45) is 0.283. The zero-order valence-corrected chi connectivity index (χ0v) is 7.67. The van der Waals surface area contributed by atoms with E-state index in [0.717, 1.165) is 5.56 Å². The maximum atomic E-state index is 12.4. The summed E-state index contributed by atoms with van der Waals surface area (Å²) in [5, 5.41) is 8.34. The third kappa shape index (κ3) is 2.12. The van der Waals surface area contributed by atoms with E-state index in [9.17, 15) is 4.39 Å². The van der Waals surface area contributed by atoms with Gasteiger partial charge in [0.05, 0.1) is 12.5 Å². The van der Waals surface area contributed by atoms with Crippen LogP contribution in [0.15, 0.2) is 12.1 Å². The van der Waals surface area contributed by atoms with Gasteiger partial charge < -0.3 is 0 Å². The summed E-state index contributed by atoms with van der Waals surface area (Å²) in [5.74, 6) is -0.504. The van der Waals surface area contributed by atoms with Crippen LogP contribution in [0, 0.1) is 21.0 Å². The number of nitrogens with zero attached hydrogens (tertiary/aromatic N) is 2. The van der Waals surface area contributed by atoms with Gasteiger partial charge in [-0.15, -0.1) is 0 Å². The lowest BCUT2D eigenvalue weighted by atomic mass is 10.2. The molecule has 2 nitrogen and oxygen atoms in total. The summed E-state index contributed by atoms with van der Waals surface area (Å²) in [7, 11) is 0. The first kappa shape index (κ1) is 8.40. The molecule has 0 aromatic carbocycles. The molecule has 0 saturated heterocycles. The predicted molar refractivity (Wildman–Crippen MR) is 46.2 cm³/mol. The number of nitriles is 1. The summed E-state index contributed by atoms with van der Waals surface area (Å²) >= 11 is 1.91. The highest BCUT2D eigenvalue weighted by atomic mass is 127. The Kier molecular flexibility index (Phi) is 2.76. The molecule has 0 radical (unpaired) electrons. The molecule has 11 heavy (non-hydrogen) atoms. The highest BCUT2D eigenvalue weighted by Crippen LogP contribution is 2.09. The highest BCUT2D eigenvalue weighted by molar-refractivity contribution is 14.1. The molecule has 0 saturated carbocycles. The molecule has 1 heterocycles. The van der Waals surface area contributed by atoms with Crippen LogP contribution < -0.4 is 0 Å². The van der Waals surface area contributed by atoms with Gasteiger partial charge >= 0.3 is 0 Å². The fourth-order valence-corrected chi connectivity index (χ4v) is 1.26. The Hall–Kier alpha value is -0.700. The van der Waals surface area contributed by atoms with Crippen molar-refractivity contribution in [2.45, 2.75) is 6.42 Å². The number of halogens is 2. The molecular formula is C7H4FIN2. The second-order valence-corrected chi connectivity index (χ2v) is 2.94. The van der Waals surface area contributed by atoms with E-state index < -0.39 is 5.95 Å². The highest BCUT2D eigenvalue weighted by Gasteiger charge is 2.00. The Bertz CT molecular complexity index is 306. The zero-order chi connectivity index (χ0) is 8.27. The lowest BCUT2D eigenvalue weighted by Crippen LogP contribution is -1.93. The first-order valence-corrected chi connectivity index (χ1v) is 4.00. The van der Waals surface area contributed by atoms with E-state index in [0.29, 0.717) is 3.70 Å². The number of hydrogen-bond acceptors (Lipinski definition) is 2. The SMILES string of the molecule is N#CCc1ccc(F)nc1I. The first-order chi connectivity index (χ1) is 5.24. The second kappa shape index (κ2) is 3.62. The van der Waals surface area contributed by atoms with Gasteiger partial charge in [0.25, 0.3) is 0 Å². The first-order valence-electron chi connectivity index (χ1n) is 2.92. The van der Waals surface area contributed by atoms with Crippen LogP contribution in [-0.4, -0.2) is 4.98 Å². The number of hydrogen-bond donors (Lipinski definition) is 0. The molecule has 1 aromatic heterocycles. The number of rotatable bonds is 1. The summed E-state index contributed by atoms with van der Waals surface area (Å²) in [5.41, 5.74) is 0.773. The van der Waals surface area contributed by atoms with E-state index in [1.807, 2.05) is 28.7 Å². The molecule has 0 N–H and O–H groups in total. The molecule has 0 aliphatic rings. The molecule has 0 amide bonds. The molecule has 0 bridgehead atoms. The fourth-order valence-electron chi connectivity index (χ4n) is 0.658. The van der Waals surface area contributed by atoms with Crippen molar-refractivity contribution in [3.05, 3.63) is 27.3 Å². The minimum absolute atomic E-state index is 0.283. The van der Waals surface area contributed by atoms with Crippen LogP contribution in [0.2, 0.25) is 0 Å². The lowest BCUT2D eigenvalue weighted by Gasteiger charge is -1.96. The molecule has 1 rings (SSSR count). The van der Waals surface area contributed by atoms with E-state index in [-0.39, 0.29) is 6.42 Å². The van der Waals surface area contributed by atoms with Crippen molar-refractivity contribution >= 4 is 22.6 Å². The smallest absolute Gasteiger partial charge is 0.213 e. The molecule has 0 aliphatic carbocycles. The van der Waals surface area contributed by atoms with E-state index in [4.69, 9.17) is 5.26 Å². The predicted octanol–water partition coefficient (Wildman–Crippen LogP) is 1.89. The van der Waals surface area contributed by atoms with Crippen LogP contribution in [0.3, 0.4) is 0 Å². The zero-order valence-electron chi connectivity index (χ0n) is 5.51. The molecule has 0 aliphatic heterocycles. The molecule has 56 valence electrons. The van der Waals surface area contributed by atoms with Crippen LogP contribution in [0.1, 0.15) is 5.56 Å². The lowest BCUT2D eigenvalue weighted by molar-refractivity contribution is 0.579. The van der Waals surface area contributed by atoms with Crippen LogP contribution in [0.25, 0.3) is 0 Å². The van der Waals surface area contributed by atoms with Crippen LogP contribution in [-0.2, 0) is 6.42 Å². The molecule has 1 aromatic rings. The number of pyridine rings is 1. The summed E-state index contributed by atoms with van der Waals surface area (Å²) in [4.78, 5) is 3.56. The average Bonchev–Trinajstić information content (AvgIpc) is 1.95. The van der Waals surface area contributed by atoms with Crippen LogP contribution >= 0.6 is 22.6 Å². The summed E-state index contributed by atoms with van der Waals surface area (Å²) in [6, 6.07) is 4.81. The van der Waals surface area contributed by atoms with Crippen molar-refractivity contribution in [1.82, 2.24) is 4.98 Å². The van der Waals surface area contributed by atoms with Crippen LogP contribution in [0.4, 0.5) is 4.39 Å². The van der Waals surface area contributed by atoms with Gasteiger partial charge in [-0.1, -0.05) is 6.07 Å². The largest absolute Gasteiger partial charge is 0.213 e. The second-order valence-electron chi connectivity index (χ2n) is 1.92. The van der Waals surface area contributed by atoms with E-state index in [1.54, 1.807) is 6.07 Å². The minimum Gasteiger partial charge on any atom is -0.213 e. The number of aromatic nitrogens is 1. The third-order valence-corrected chi connectivity index (χ3v) is 2.10. The molecule has 0 unspecified atom stereocenters. The molecule has 0 spiro atoms. The van der Waals surface area contributed by atoms with Crippen molar-refractivity contribution in [1.29, 1.82) is 5.26 Å². The van der Waals surface area contributed by atoms with Crippen molar-refractivity contribution in [2.75, 3.05) is 0 Å². The van der Waals surface area contributed by atoms with Gasteiger partial charge in [-0.3, -0.25) is 0 Å².